The number of hydrogen-bond donors (Lipinski definition) is 0. The van der Waals surface area contributed by atoms with Crippen molar-refractivity contribution in [3.8, 4) is 11.5 Å². The van der Waals surface area contributed by atoms with E-state index in [-0.39, 0.29) is 19.1 Å². The van der Waals surface area contributed by atoms with Crippen molar-refractivity contribution in [1.82, 2.24) is 0 Å². The molecule has 2 aliphatic rings. The second-order valence-electron chi connectivity index (χ2n) is 6.67. The highest BCUT2D eigenvalue weighted by Gasteiger charge is 2.34. The first-order chi connectivity index (χ1) is 13.2. The molecule has 0 saturated heterocycles. The summed E-state index contributed by atoms with van der Waals surface area (Å²) in [6, 6.07) is 13.1. The maximum atomic E-state index is 12.8. The molecule has 140 valence electrons. The maximum Gasteiger partial charge on any atom is 0.348 e. The van der Waals surface area contributed by atoms with E-state index in [1.165, 1.54) is 23.1 Å². The second kappa shape index (κ2) is 7.31. The molecular weight excluding hydrogens is 346 g/mol. The molecule has 0 saturated carbocycles. The van der Waals surface area contributed by atoms with Crippen LogP contribution in [0.15, 0.2) is 42.5 Å². The highest BCUT2D eigenvalue weighted by Crippen LogP contribution is 2.33. The van der Waals surface area contributed by atoms with E-state index < -0.39 is 12.1 Å². The number of aryl methyl sites for hydroxylation is 2. The van der Waals surface area contributed by atoms with Crippen molar-refractivity contribution in [2.45, 2.75) is 25.4 Å². The van der Waals surface area contributed by atoms with Crippen molar-refractivity contribution in [3.05, 3.63) is 53.6 Å². The highest BCUT2D eigenvalue weighted by atomic mass is 16.6. The summed E-state index contributed by atoms with van der Waals surface area (Å²) >= 11 is 0. The lowest BCUT2D eigenvalue weighted by Gasteiger charge is -2.33. The summed E-state index contributed by atoms with van der Waals surface area (Å²) in [6.07, 6.45) is 2.47. The molecule has 1 heterocycles. The summed E-state index contributed by atoms with van der Waals surface area (Å²) < 4.78 is 16.2. The Bertz CT molecular complexity index is 879. The van der Waals surface area contributed by atoms with E-state index in [2.05, 4.69) is 6.07 Å². The Morgan fingerprint density at radius 1 is 1.15 bits per heavy atom. The van der Waals surface area contributed by atoms with Crippen LogP contribution in [0.5, 0.6) is 11.5 Å². The Labute approximate surface area is 157 Å². The zero-order chi connectivity index (χ0) is 18.8. The predicted octanol–water partition coefficient (Wildman–Crippen LogP) is 2.52. The van der Waals surface area contributed by atoms with Crippen molar-refractivity contribution >= 4 is 17.6 Å². The van der Waals surface area contributed by atoms with Gasteiger partial charge in [-0.25, -0.2) is 4.79 Å². The minimum Gasteiger partial charge on any atom is -0.484 e. The molecule has 2 aromatic carbocycles. The van der Waals surface area contributed by atoms with Crippen LogP contribution in [-0.2, 0) is 27.2 Å². The van der Waals surface area contributed by atoms with Gasteiger partial charge < -0.3 is 19.1 Å². The monoisotopic (exact) mass is 367 g/mol. The van der Waals surface area contributed by atoms with Crippen molar-refractivity contribution < 1.29 is 23.8 Å². The Morgan fingerprint density at radius 2 is 1.96 bits per heavy atom. The summed E-state index contributed by atoms with van der Waals surface area (Å²) in [7, 11) is 1.30. The van der Waals surface area contributed by atoms with Crippen molar-refractivity contribution in [2.24, 2.45) is 0 Å². The molecule has 0 spiro atoms. The van der Waals surface area contributed by atoms with Gasteiger partial charge >= 0.3 is 5.97 Å². The lowest BCUT2D eigenvalue weighted by molar-refractivity contribution is -0.148. The molecule has 0 radical (unpaired) electrons. The average Bonchev–Trinajstić information content (AvgIpc) is 3.18. The number of benzene rings is 2. The van der Waals surface area contributed by atoms with E-state index in [4.69, 9.17) is 14.2 Å². The molecule has 0 fully saturated rings. The van der Waals surface area contributed by atoms with E-state index in [1.54, 1.807) is 18.2 Å². The number of methoxy groups -OCH3 is 1. The SMILES string of the molecule is COC(=O)[C@H]1CN(C(=O)COc2ccc3c(c2)CCC3)c2ccccc2O1. The number of carbonyl (C=O) groups excluding carboxylic acids is 2. The third kappa shape index (κ3) is 3.47. The number of nitrogens with zero attached hydrogens (tertiary/aromatic N) is 1. The molecule has 0 bridgehead atoms. The first-order valence-electron chi connectivity index (χ1n) is 9.04. The van der Waals surface area contributed by atoms with Gasteiger partial charge in [0.25, 0.3) is 5.91 Å². The summed E-state index contributed by atoms with van der Waals surface area (Å²) in [4.78, 5) is 26.3. The number of amides is 1. The molecule has 0 N–H and O–H groups in total. The highest BCUT2D eigenvalue weighted by molar-refractivity contribution is 5.97. The molecule has 6 heteroatoms. The largest absolute Gasteiger partial charge is 0.484 e. The smallest absolute Gasteiger partial charge is 0.348 e. The second-order valence-corrected chi connectivity index (χ2v) is 6.67. The lowest BCUT2D eigenvalue weighted by atomic mass is 10.1. The number of hydrogen-bond acceptors (Lipinski definition) is 5. The van der Waals surface area contributed by atoms with Gasteiger partial charge in [-0.15, -0.1) is 0 Å². The zero-order valence-electron chi connectivity index (χ0n) is 15.1. The number of anilines is 1. The van der Waals surface area contributed by atoms with Gasteiger partial charge in [0.05, 0.1) is 19.3 Å². The first kappa shape index (κ1) is 17.4. The minimum absolute atomic E-state index is 0.0933. The molecule has 1 aliphatic carbocycles. The number of para-hydroxylation sites is 2. The van der Waals surface area contributed by atoms with Gasteiger partial charge in [0.1, 0.15) is 11.5 Å². The van der Waals surface area contributed by atoms with Gasteiger partial charge in [0.2, 0.25) is 6.10 Å². The predicted molar refractivity (Wildman–Crippen MR) is 99.2 cm³/mol. The van der Waals surface area contributed by atoms with Gasteiger partial charge in [-0.3, -0.25) is 4.79 Å². The van der Waals surface area contributed by atoms with Gasteiger partial charge in [-0.1, -0.05) is 18.2 Å². The summed E-state index contributed by atoms with van der Waals surface area (Å²) in [5.41, 5.74) is 3.28. The molecule has 0 aromatic heterocycles. The van der Waals surface area contributed by atoms with Crippen LogP contribution < -0.4 is 14.4 Å². The Balaban J connectivity index is 1.49. The summed E-state index contributed by atoms with van der Waals surface area (Å²) in [5, 5.41) is 0. The first-order valence-corrected chi connectivity index (χ1v) is 9.04. The quantitative estimate of drug-likeness (QED) is 0.777. The normalized spacial score (nSPS) is 17.5. The number of rotatable bonds is 4. The van der Waals surface area contributed by atoms with E-state index in [9.17, 15) is 9.59 Å². The molecule has 27 heavy (non-hydrogen) atoms. The molecule has 4 rings (SSSR count). The topological polar surface area (TPSA) is 65.1 Å². The summed E-state index contributed by atoms with van der Waals surface area (Å²) in [6.45, 7) is -0.0168. The van der Waals surface area contributed by atoms with Gasteiger partial charge in [0.15, 0.2) is 6.61 Å². The third-order valence-electron chi connectivity index (χ3n) is 4.97. The van der Waals surface area contributed by atoms with E-state index in [0.717, 1.165) is 19.3 Å². The fraction of sp³-hybridized carbons (Fsp3) is 0.333. The number of ether oxygens (including phenoxy) is 3. The Morgan fingerprint density at radius 3 is 2.81 bits per heavy atom. The van der Waals surface area contributed by atoms with E-state index >= 15 is 0 Å². The van der Waals surface area contributed by atoms with Gasteiger partial charge in [0, 0.05) is 0 Å². The standard InChI is InChI=1S/C21H21NO5/c1-25-21(24)19-12-22(17-7-2-3-8-18(17)27-19)20(23)13-26-16-10-9-14-5-4-6-15(14)11-16/h2-3,7-11,19H,4-6,12-13H2,1H3/t19-/m1/s1. The number of carbonyl (C=O) groups is 2. The van der Waals surface area contributed by atoms with Gasteiger partial charge in [-0.2, -0.15) is 0 Å². The number of fused-ring (bicyclic) bond motifs is 2. The van der Waals surface area contributed by atoms with Crippen molar-refractivity contribution in [3.63, 3.8) is 0 Å². The van der Waals surface area contributed by atoms with Crippen LogP contribution >= 0.6 is 0 Å². The van der Waals surface area contributed by atoms with Crippen LogP contribution in [0.4, 0.5) is 5.69 Å². The van der Waals surface area contributed by atoms with Crippen molar-refractivity contribution in [1.29, 1.82) is 0 Å². The van der Waals surface area contributed by atoms with Crippen molar-refractivity contribution in [2.75, 3.05) is 25.2 Å². The molecule has 1 atom stereocenters. The fourth-order valence-electron chi connectivity index (χ4n) is 3.59. The molecule has 2 aromatic rings. The van der Waals surface area contributed by atoms with Gasteiger partial charge in [-0.05, 0) is 54.7 Å². The van der Waals surface area contributed by atoms with Crippen LogP contribution in [0.1, 0.15) is 17.5 Å². The van der Waals surface area contributed by atoms with E-state index in [1.807, 2.05) is 18.2 Å². The van der Waals surface area contributed by atoms with Crippen LogP contribution in [0.2, 0.25) is 0 Å². The Kier molecular flexibility index (Phi) is 4.71. The minimum atomic E-state index is -0.853. The molecular formula is C21H21NO5. The lowest BCUT2D eigenvalue weighted by Crippen LogP contribution is -2.48. The maximum absolute atomic E-state index is 12.8. The molecule has 0 unspecified atom stereocenters. The summed E-state index contributed by atoms with van der Waals surface area (Å²) in [5.74, 6) is 0.419. The number of esters is 1. The zero-order valence-corrected chi connectivity index (χ0v) is 15.1. The van der Waals surface area contributed by atoms with Crippen LogP contribution in [0.3, 0.4) is 0 Å². The molecule has 6 nitrogen and oxygen atoms in total. The average molecular weight is 367 g/mol. The van der Waals surface area contributed by atoms with E-state index in [0.29, 0.717) is 17.2 Å². The molecule has 1 aliphatic heterocycles. The van der Waals surface area contributed by atoms with Crippen LogP contribution in [-0.4, -0.2) is 38.2 Å². The fourth-order valence-corrected chi connectivity index (χ4v) is 3.59. The third-order valence-corrected chi connectivity index (χ3v) is 4.97. The molecule has 1 amide bonds. The Hall–Kier alpha value is -3.02. The van der Waals surface area contributed by atoms with Crippen LogP contribution in [0, 0.1) is 0 Å². The van der Waals surface area contributed by atoms with Crippen LogP contribution in [0.25, 0.3) is 0 Å².